The van der Waals surface area contributed by atoms with Gasteiger partial charge in [0.05, 0.1) is 16.5 Å². The minimum Gasteiger partial charge on any atom is -0.393 e. The van der Waals surface area contributed by atoms with E-state index in [9.17, 15) is 18.0 Å². The summed E-state index contributed by atoms with van der Waals surface area (Å²) in [5.74, 6) is -1.11. The Hall–Kier alpha value is -1.60. The van der Waals surface area contributed by atoms with Gasteiger partial charge >= 0.3 is 12.3 Å². The SMILES string of the molecule is O=C(NC1CCC(C(F)(F)F)CC1)Oc1cc2c(Cl)cc(Cl)cc2[nH]1. The third-order valence-corrected chi connectivity index (χ3v) is 4.87. The van der Waals surface area contributed by atoms with Gasteiger partial charge in [0.2, 0.25) is 5.88 Å². The highest BCUT2D eigenvalue weighted by Gasteiger charge is 2.41. The van der Waals surface area contributed by atoms with E-state index in [1.165, 1.54) is 0 Å². The van der Waals surface area contributed by atoms with Gasteiger partial charge in [0.25, 0.3) is 0 Å². The first kappa shape index (κ1) is 18.2. The number of amides is 1. The van der Waals surface area contributed by atoms with Gasteiger partial charge in [-0.2, -0.15) is 13.2 Å². The van der Waals surface area contributed by atoms with E-state index in [0.29, 0.717) is 20.9 Å². The van der Waals surface area contributed by atoms with Crippen LogP contribution in [0.3, 0.4) is 0 Å². The van der Waals surface area contributed by atoms with Crippen molar-refractivity contribution in [3.8, 4) is 5.88 Å². The molecule has 2 N–H and O–H groups in total. The Morgan fingerprint density at radius 1 is 1.16 bits per heavy atom. The Labute approximate surface area is 151 Å². The van der Waals surface area contributed by atoms with Crippen molar-refractivity contribution in [2.24, 2.45) is 5.92 Å². The van der Waals surface area contributed by atoms with E-state index in [1.807, 2.05) is 0 Å². The molecule has 1 fully saturated rings. The first-order valence-electron chi connectivity index (χ1n) is 7.75. The van der Waals surface area contributed by atoms with Gasteiger partial charge in [-0.1, -0.05) is 23.2 Å². The van der Waals surface area contributed by atoms with Crippen LogP contribution in [0.5, 0.6) is 5.88 Å². The molecule has 1 heterocycles. The van der Waals surface area contributed by atoms with Crippen LogP contribution in [0.4, 0.5) is 18.0 Å². The molecule has 1 amide bonds. The lowest BCUT2D eigenvalue weighted by Gasteiger charge is -2.29. The number of ether oxygens (including phenoxy) is 1. The second-order valence-electron chi connectivity index (χ2n) is 6.11. The number of carbonyl (C=O) groups excluding carboxylic acids is 1. The summed E-state index contributed by atoms with van der Waals surface area (Å²) < 4.78 is 43.1. The minimum absolute atomic E-state index is 0.00887. The molecule has 3 rings (SSSR count). The van der Waals surface area contributed by atoms with Crippen molar-refractivity contribution in [3.05, 3.63) is 28.2 Å². The number of carbonyl (C=O) groups is 1. The summed E-state index contributed by atoms with van der Waals surface area (Å²) >= 11 is 12.0. The molecule has 0 atom stereocenters. The van der Waals surface area contributed by atoms with Crippen LogP contribution in [0.1, 0.15) is 25.7 Å². The lowest BCUT2D eigenvalue weighted by molar-refractivity contribution is -0.182. The Kier molecular flexibility index (Phi) is 5.06. The Morgan fingerprint density at radius 2 is 1.84 bits per heavy atom. The molecule has 0 spiro atoms. The summed E-state index contributed by atoms with van der Waals surface area (Å²) in [6.45, 7) is 0. The molecule has 0 saturated heterocycles. The molecule has 136 valence electrons. The highest BCUT2D eigenvalue weighted by Crippen LogP contribution is 2.37. The zero-order valence-corrected chi connectivity index (χ0v) is 14.4. The van der Waals surface area contributed by atoms with Crippen molar-refractivity contribution in [2.45, 2.75) is 37.9 Å². The second kappa shape index (κ2) is 6.96. The van der Waals surface area contributed by atoms with Gasteiger partial charge in [-0.3, -0.25) is 0 Å². The van der Waals surface area contributed by atoms with Gasteiger partial charge in [-0.25, -0.2) is 4.79 Å². The number of H-pyrrole nitrogens is 1. The molecule has 0 bridgehead atoms. The number of aromatic nitrogens is 1. The fourth-order valence-corrected chi connectivity index (χ4v) is 3.60. The molecule has 0 radical (unpaired) electrons. The zero-order chi connectivity index (χ0) is 18.2. The van der Waals surface area contributed by atoms with Gasteiger partial charge in [0, 0.05) is 22.5 Å². The molecule has 1 aromatic heterocycles. The van der Waals surface area contributed by atoms with Crippen LogP contribution in [-0.4, -0.2) is 23.3 Å². The number of aromatic amines is 1. The van der Waals surface area contributed by atoms with E-state index in [4.69, 9.17) is 27.9 Å². The van der Waals surface area contributed by atoms with Crippen LogP contribution in [0.15, 0.2) is 18.2 Å². The van der Waals surface area contributed by atoms with Crippen LogP contribution in [0.2, 0.25) is 10.0 Å². The van der Waals surface area contributed by atoms with E-state index < -0.39 is 18.2 Å². The van der Waals surface area contributed by atoms with Crippen molar-refractivity contribution in [1.29, 1.82) is 0 Å². The number of fused-ring (bicyclic) bond motifs is 1. The van der Waals surface area contributed by atoms with Crippen molar-refractivity contribution >= 4 is 40.2 Å². The molecule has 25 heavy (non-hydrogen) atoms. The molecule has 1 aliphatic carbocycles. The van der Waals surface area contributed by atoms with Crippen LogP contribution < -0.4 is 10.1 Å². The van der Waals surface area contributed by atoms with Crippen molar-refractivity contribution in [3.63, 3.8) is 0 Å². The summed E-state index contributed by atoms with van der Waals surface area (Å²) in [5, 5.41) is 4.11. The number of halogens is 5. The molecule has 9 heteroatoms. The molecule has 1 aliphatic rings. The Balaban J connectivity index is 1.58. The maximum absolute atomic E-state index is 12.6. The van der Waals surface area contributed by atoms with Crippen molar-refractivity contribution in [2.75, 3.05) is 0 Å². The summed E-state index contributed by atoms with van der Waals surface area (Å²) in [7, 11) is 0. The van der Waals surface area contributed by atoms with Crippen LogP contribution in [-0.2, 0) is 0 Å². The molecule has 4 nitrogen and oxygen atoms in total. The van der Waals surface area contributed by atoms with Crippen LogP contribution in [0.25, 0.3) is 10.9 Å². The molecular formula is C16H15Cl2F3N2O2. The highest BCUT2D eigenvalue weighted by atomic mass is 35.5. The first-order valence-corrected chi connectivity index (χ1v) is 8.51. The summed E-state index contributed by atoms with van der Waals surface area (Å²) in [4.78, 5) is 14.8. The first-order chi connectivity index (χ1) is 11.7. The molecular weight excluding hydrogens is 380 g/mol. The molecule has 0 aliphatic heterocycles. The van der Waals surface area contributed by atoms with Crippen molar-refractivity contribution < 1.29 is 22.7 Å². The van der Waals surface area contributed by atoms with E-state index >= 15 is 0 Å². The Morgan fingerprint density at radius 3 is 2.48 bits per heavy atom. The molecule has 0 unspecified atom stereocenters. The third-order valence-electron chi connectivity index (χ3n) is 4.34. The van der Waals surface area contributed by atoms with E-state index in [0.717, 1.165) is 0 Å². The average Bonchev–Trinajstić information content (AvgIpc) is 2.89. The fraction of sp³-hybridized carbons (Fsp3) is 0.438. The topological polar surface area (TPSA) is 54.1 Å². The summed E-state index contributed by atoms with van der Waals surface area (Å²) in [6.07, 6.45) is -4.33. The predicted octanol–water partition coefficient (Wildman–Crippen LogP) is 5.68. The number of hydrogen-bond acceptors (Lipinski definition) is 2. The largest absolute Gasteiger partial charge is 0.414 e. The van der Waals surface area contributed by atoms with E-state index in [1.54, 1.807) is 18.2 Å². The maximum Gasteiger partial charge on any atom is 0.414 e. The number of hydrogen-bond donors (Lipinski definition) is 2. The number of nitrogens with one attached hydrogen (secondary N) is 2. The lowest BCUT2D eigenvalue weighted by Crippen LogP contribution is -2.41. The molecule has 1 saturated carbocycles. The van der Waals surface area contributed by atoms with Crippen LogP contribution >= 0.6 is 23.2 Å². The summed E-state index contributed by atoms with van der Waals surface area (Å²) in [5.41, 5.74) is 0.617. The fourth-order valence-electron chi connectivity index (χ4n) is 3.05. The summed E-state index contributed by atoms with van der Waals surface area (Å²) in [6, 6.07) is 4.45. The number of alkyl halides is 3. The van der Waals surface area contributed by atoms with Crippen molar-refractivity contribution in [1.82, 2.24) is 10.3 Å². The standard InChI is InChI=1S/C16H15Cl2F3N2O2/c17-9-5-12(18)11-7-14(23-13(11)6-9)25-15(24)22-10-3-1-8(2-4-10)16(19,20)21/h5-8,10,23H,1-4H2,(H,22,24). The smallest absolute Gasteiger partial charge is 0.393 e. The van der Waals surface area contributed by atoms with Gasteiger partial charge in [0.15, 0.2) is 0 Å². The van der Waals surface area contributed by atoms with Crippen LogP contribution in [0, 0.1) is 5.92 Å². The lowest BCUT2D eigenvalue weighted by atomic mass is 9.86. The predicted molar refractivity (Wildman–Crippen MR) is 89.3 cm³/mol. The number of rotatable bonds is 2. The highest BCUT2D eigenvalue weighted by molar-refractivity contribution is 6.38. The van der Waals surface area contributed by atoms with Gasteiger partial charge in [-0.05, 0) is 37.8 Å². The normalized spacial score (nSPS) is 21.3. The van der Waals surface area contributed by atoms with E-state index in [-0.39, 0.29) is 37.6 Å². The zero-order valence-electron chi connectivity index (χ0n) is 12.9. The van der Waals surface area contributed by atoms with Gasteiger partial charge < -0.3 is 15.0 Å². The van der Waals surface area contributed by atoms with Gasteiger partial charge in [-0.15, -0.1) is 0 Å². The Bertz CT molecular complexity index is 784. The monoisotopic (exact) mass is 394 g/mol. The molecule has 1 aromatic carbocycles. The quantitative estimate of drug-likeness (QED) is 0.687. The third kappa shape index (κ3) is 4.33. The number of benzene rings is 1. The van der Waals surface area contributed by atoms with E-state index in [2.05, 4.69) is 10.3 Å². The van der Waals surface area contributed by atoms with Gasteiger partial charge in [0.1, 0.15) is 0 Å². The second-order valence-corrected chi connectivity index (χ2v) is 6.95. The maximum atomic E-state index is 12.6. The molecule has 2 aromatic rings. The minimum atomic E-state index is -4.17. The average molecular weight is 395 g/mol.